The van der Waals surface area contributed by atoms with E-state index in [1.54, 1.807) is 10.3 Å². The van der Waals surface area contributed by atoms with Gasteiger partial charge in [-0.2, -0.15) is 0 Å². The predicted octanol–water partition coefficient (Wildman–Crippen LogP) is 1.07. The number of primary amides is 1. The molecule has 7 nitrogen and oxygen atoms in total. The van der Waals surface area contributed by atoms with Crippen LogP contribution in [0.3, 0.4) is 0 Å². The molecule has 26 heavy (non-hydrogen) atoms. The first-order chi connectivity index (χ1) is 12.4. The second-order valence-electron chi connectivity index (χ2n) is 6.69. The molecule has 2 aliphatic rings. The van der Waals surface area contributed by atoms with Crippen molar-refractivity contribution in [3.05, 3.63) is 45.9 Å². The van der Waals surface area contributed by atoms with E-state index in [0.29, 0.717) is 24.3 Å². The summed E-state index contributed by atoms with van der Waals surface area (Å²) in [5.41, 5.74) is 6.49. The smallest absolute Gasteiger partial charge is 0.273 e. The molecule has 4 rings (SSSR count). The molecular weight excluding hydrogens is 352 g/mol. The van der Waals surface area contributed by atoms with Gasteiger partial charge in [0.1, 0.15) is 12.2 Å². The summed E-state index contributed by atoms with van der Waals surface area (Å²) in [5.74, 6) is -0.888. The molecule has 1 spiro atoms. The van der Waals surface area contributed by atoms with Gasteiger partial charge in [-0.05, 0) is 25.0 Å². The van der Waals surface area contributed by atoms with Crippen molar-refractivity contribution in [2.75, 3.05) is 24.5 Å². The highest BCUT2D eigenvalue weighted by Gasteiger charge is 2.55. The Hall–Kier alpha value is -2.74. The first-order valence-corrected chi connectivity index (χ1v) is 9.21. The number of para-hydroxylation sites is 1. The van der Waals surface area contributed by atoms with Gasteiger partial charge in [-0.3, -0.25) is 14.4 Å². The molecule has 1 aromatic carbocycles. The minimum absolute atomic E-state index is 0.156. The van der Waals surface area contributed by atoms with Crippen molar-refractivity contribution in [1.29, 1.82) is 0 Å². The van der Waals surface area contributed by atoms with Crippen molar-refractivity contribution in [1.82, 2.24) is 9.88 Å². The van der Waals surface area contributed by atoms with Gasteiger partial charge in [0.2, 0.25) is 11.8 Å². The van der Waals surface area contributed by atoms with E-state index >= 15 is 0 Å². The van der Waals surface area contributed by atoms with Crippen LogP contribution in [0.25, 0.3) is 0 Å². The summed E-state index contributed by atoms with van der Waals surface area (Å²) in [7, 11) is 0. The first-order valence-electron chi connectivity index (χ1n) is 8.33. The van der Waals surface area contributed by atoms with Gasteiger partial charge in [0.05, 0.1) is 10.4 Å². The average Bonchev–Trinajstić information content (AvgIpc) is 3.30. The van der Waals surface area contributed by atoms with Crippen molar-refractivity contribution in [2.45, 2.75) is 18.8 Å². The lowest BCUT2D eigenvalue weighted by Gasteiger charge is -2.24. The van der Waals surface area contributed by atoms with Crippen LogP contribution >= 0.6 is 11.3 Å². The van der Waals surface area contributed by atoms with E-state index in [4.69, 9.17) is 5.73 Å². The van der Waals surface area contributed by atoms with E-state index in [1.807, 2.05) is 31.2 Å². The predicted molar refractivity (Wildman–Crippen MR) is 97.0 cm³/mol. The van der Waals surface area contributed by atoms with Crippen molar-refractivity contribution in [3.8, 4) is 0 Å². The van der Waals surface area contributed by atoms with Gasteiger partial charge in [0, 0.05) is 24.2 Å². The van der Waals surface area contributed by atoms with Crippen LogP contribution in [0.5, 0.6) is 0 Å². The highest BCUT2D eigenvalue weighted by molar-refractivity contribution is 7.09. The van der Waals surface area contributed by atoms with Crippen molar-refractivity contribution < 1.29 is 14.4 Å². The van der Waals surface area contributed by atoms with Crippen LogP contribution in [-0.2, 0) is 15.0 Å². The number of thiazole rings is 1. The zero-order valence-electron chi connectivity index (χ0n) is 14.3. The average molecular weight is 370 g/mol. The molecule has 8 heteroatoms. The second-order valence-corrected chi connectivity index (χ2v) is 7.75. The summed E-state index contributed by atoms with van der Waals surface area (Å²) in [4.78, 5) is 44.8. The monoisotopic (exact) mass is 370 g/mol. The minimum atomic E-state index is -0.813. The number of nitrogens with zero attached hydrogens (tertiary/aromatic N) is 3. The van der Waals surface area contributed by atoms with Crippen LogP contribution < -0.4 is 10.6 Å². The van der Waals surface area contributed by atoms with Crippen LogP contribution in [-0.4, -0.2) is 47.2 Å². The lowest BCUT2D eigenvalue weighted by atomic mass is 9.81. The Morgan fingerprint density at radius 2 is 2.12 bits per heavy atom. The van der Waals surface area contributed by atoms with Crippen molar-refractivity contribution in [2.24, 2.45) is 5.73 Å². The van der Waals surface area contributed by atoms with Crippen LogP contribution in [0, 0.1) is 6.92 Å². The summed E-state index contributed by atoms with van der Waals surface area (Å²) in [5, 5.41) is 2.57. The second kappa shape index (κ2) is 5.91. The number of anilines is 1. The molecule has 3 amide bonds. The lowest BCUT2D eigenvalue weighted by Crippen LogP contribution is -2.45. The number of carbonyl (C=O) groups is 3. The van der Waals surface area contributed by atoms with Gasteiger partial charge in [0.25, 0.3) is 5.91 Å². The van der Waals surface area contributed by atoms with Gasteiger partial charge in [-0.1, -0.05) is 18.2 Å². The number of amides is 3. The Morgan fingerprint density at radius 3 is 2.81 bits per heavy atom. The molecule has 1 fully saturated rings. The van der Waals surface area contributed by atoms with E-state index in [0.717, 1.165) is 10.6 Å². The van der Waals surface area contributed by atoms with Crippen LogP contribution in [0.15, 0.2) is 29.6 Å². The number of hydrogen-bond acceptors (Lipinski definition) is 5. The largest absolute Gasteiger partial charge is 0.368 e. The Bertz CT molecular complexity index is 925. The maximum Gasteiger partial charge on any atom is 0.273 e. The molecule has 134 valence electrons. The molecular formula is C18H18N4O3S. The number of rotatable bonds is 3. The number of aryl methyl sites for hydroxylation is 1. The van der Waals surface area contributed by atoms with Gasteiger partial charge >= 0.3 is 0 Å². The highest BCUT2D eigenvalue weighted by atomic mass is 32.1. The third kappa shape index (κ3) is 2.40. The fourth-order valence-corrected chi connectivity index (χ4v) is 4.50. The number of carbonyl (C=O) groups excluding carboxylic acids is 3. The summed E-state index contributed by atoms with van der Waals surface area (Å²) >= 11 is 1.43. The first kappa shape index (κ1) is 16.7. The summed E-state index contributed by atoms with van der Waals surface area (Å²) in [6.07, 6.45) is 0.521. The quantitative estimate of drug-likeness (QED) is 0.874. The number of hydrogen-bond donors (Lipinski definition) is 1. The fourth-order valence-electron chi connectivity index (χ4n) is 3.91. The fraction of sp³-hybridized carbons (Fsp3) is 0.333. The summed E-state index contributed by atoms with van der Waals surface area (Å²) in [6, 6.07) is 7.42. The number of fused-ring (bicyclic) bond motifs is 2. The Labute approximate surface area is 154 Å². The molecule has 1 aromatic heterocycles. The summed E-state index contributed by atoms with van der Waals surface area (Å²) in [6.45, 7) is 2.45. The molecule has 2 aromatic rings. The van der Waals surface area contributed by atoms with Gasteiger partial charge in [-0.25, -0.2) is 4.98 Å². The standard InChI is InChI=1S/C18H18N4O3S/c1-11-20-13(9-26-11)16(24)21-7-6-18(10-21)12-4-2-3-5-14(12)22(17(18)25)8-15(19)23/h2-5,9H,6-8,10H2,1H3,(H2,19,23)/t18-/m0/s1. The SMILES string of the molecule is Cc1nc(C(=O)N2CC[C@@]3(C2)C(=O)N(CC(N)=O)c2ccccc23)cs1. The molecule has 2 aliphatic heterocycles. The van der Waals surface area contributed by atoms with E-state index < -0.39 is 11.3 Å². The number of aromatic nitrogens is 1. The minimum Gasteiger partial charge on any atom is -0.368 e. The Kier molecular flexibility index (Phi) is 3.80. The highest BCUT2D eigenvalue weighted by Crippen LogP contribution is 2.47. The molecule has 2 N–H and O–H groups in total. The Balaban J connectivity index is 1.68. The van der Waals surface area contributed by atoms with Gasteiger partial charge in [0.15, 0.2) is 0 Å². The number of benzene rings is 1. The van der Waals surface area contributed by atoms with Crippen LogP contribution in [0.1, 0.15) is 27.5 Å². The molecule has 0 saturated carbocycles. The Morgan fingerprint density at radius 1 is 1.35 bits per heavy atom. The van der Waals surface area contributed by atoms with E-state index in [2.05, 4.69) is 4.98 Å². The molecule has 0 unspecified atom stereocenters. The number of likely N-dealkylation sites (tertiary alicyclic amines) is 1. The van der Waals surface area contributed by atoms with Crippen molar-refractivity contribution >= 4 is 34.7 Å². The summed E-state index contributed by atoms with van der Waals surface area (Å²) < 4.78 is 0. The van der Waals surface area contributed by atoms with Gasteiger partial charge in [-0.15, -0.1) is 11.3 Å². The molecule has 1 atom stereocenters. The maximum absolute atomic E-state index is 13.2. The van der Waals surface area contributed by atoms with E-state index in [1.165, 1.54) is 16.2 Å². The molecule has 3 heterocycles. The van der Waals surface area contributed by atoms with E-state index in [-0.39, 0.29) is 24.9 Å². The molecule has 1 saturated heterocycles. The third-order valence-corrected chi connectivity index (χ3v) is 5.85. The number of nitrogens with two attached hydrogens (primary N) is 1. The van der Waals surface area contributed by atoms with Crippen LogP contribution in [0.2, 0.25) is 0 Å². The lowest BCUT2D eigenvalue weighted by molar-refractivity contribution is -0.125. The topological polar surface area (TPSA) is 96.6 Å². The molecule has 0 aliphatic carbocycles. The van der Waals surface area contributed by atoms with Crippen molar-refractivity contribution in [3.63, 3.8) is 0 Å². The van der Waals surface area contributed by atoms with Gasteiger partial charge < -0.3 is 15.5 Å². The normalized spacial score (nSPS) is 21.5. The van der Waals surface area contributed by atoms with E-state index in [9.17, 15) is 14.4 Å². The third-order valence-electron chi connectivity index (χ3n) is 5.07. The zero-order valence-corrected chi connectivity index (χ0v) is 15.1. The maximum atomic E-state index is 13.2. The zero-order chi connectivity index (χ0) is 18.5. The van der Waals surface area contributed by atoms with Crippen LogP contribution in [0.4, 0.5) is 5.69 Å². The molecule has 0 radical (unpaired) electrons. The molecule has 0 bridgehead atoms.